The molecule has 0 amide bonds. The topological polar surface area (TPSA) is 29.9 Å². The van der Waals surface area contributed by atoms with Crippen LogP contribution in [0.1, 0.15) is 50.6 Å². The summed E-state index contributed by atoms with van der Waals surface area (Å²) in [6, 6.07) is 0. The largest absolute Gasteiger partial charge is 0.334 e. The maximum absolute atomic E-state index is 4.38. The Morgan fingerprint density at radius 1 is 1.53 bits per heavy atom. The third-order valence-corrected chi connectivity index (χ3v) is 4.89. The maximum Gasteiger partial charge on any atom is 0.0948 e. The molecule has 1 saturated heterocycles. The first-order valence-corrected chi connectivity index (χ1v) is 7.04. The number of imidazole rings is 1. The highest BCUT2D eigenvalue weighted by atomic mass is 15.1. The minimum Gasteiger partial charge on any atom is -0.334 e. The summed E-state index contributed by atoms with van der Waals surface area (Å²) >= 11 is 0. The van der Waals surface area contributed by atoms with E-state index in [1.54, 1.807) is 0 Å². The molecule has 1 aliphatic heterocycles. The SMILES string of the molecule is CCC1(Cn2cncc2C2CCNC2)CCC1. The highest BCUT2D eigenvalue weighted by Gasteiger charge is 2.36. The van der Waals surface area contributed by atoms with Gasteiger partial charge in [0.05, 0.1) is 6.33 Å². The Bertz CT molecular complexity index is 367. The molecule has 0 radical (unpaired) electrons. The molecule has 2 heterocycles. The van der Waals surface area contributed by atoms with Gasteiger partial charge in [0.15, 0.2) is 0 Å². The van der Waals surface area contributed by atoms with Gasteiger partial charge in [0.1, 0.15) is 0 Å². The van der Waals surface area contributed by atoms with E-state index in [-0.39, 0.29) is 0 Å². The van der Waals surface area contributed by atoms with Gasteiger partial charge < -0.3 is 9.88 Å². The van der Waals surface area contributed by atoms with Crippen molar-refractivity contribution in [1.82, 2.24) is 14.9 Å². The molecule has 1 aliphatic carbocycles. The van der Waals surface area contributed by atoms with Crippen LogP contribution in [0.15, 0.2) is 12.5 Å². The molecule has 3 nitrogen and oxygen atoms in total. The zero-order valence-corrected chi connectivity index (χ0v) is 10.8. The summed E-state index contributed by atoms with van der Waals surface area (Å²) in [5.74, 6) is 0.687. The van der Waals surface area contributed by atoms with Crippen LogP contribution in [0.25, 0.3) is 0 Å². The molecule has 0 bridgehead atoms. The van der Waals surface area contributed by atoms with E-state index in [9.17, 15) is 0 Å². The van der Waals surface area contributed by atoms with Crippen LogP contribution in [0.3, 0.4) is 0 Å². The number of rotatable bonds is 4. The van der Waals surface area contributed by atoms with Gasteiger partial charge in [-0.1, -0.05) is 13.3 Å². The van der Waals surface area contributed by atoms with Gasteiger partial charge >= 0.3 is 0 Å². The van der Waals surface area contributed by atoms with E-state index < -0.39 is 0 Å². The Hall–Kier alpha value is -0.830. The van der Waals surface area contributed by atoms with E-state index in [2.05, 4.69) is 28.0 Å². The minimum atomic E-state index is 0.585. The monoisotopic (exact) mass is 233 g/mol. The Morgan fingerprint density at radius 2 is 2.41 bits per heavy atom. The number of hydrogen-bond acceptors (Lipinski definition) is 2. The molecule has 0 aromatic carbocycles. The summed E-state index contributed by atoms with van der Waals surface area (Å²) in [6.07, 6.45) is 10.9. The van der Waals surface area contributed by atoms with Crippen molar-refractivity contribution in [3.63, 3.8) is 0 Å². The van der Waals surface area contributed by atoms with E-state index in [1.165, 1.54) is 44.3 Å². The summed E-state index contributed by atoms with van der Waals surface area (Å²) in [7, 11) is 0. The molecular weight excluding hydrogens is 210 g/mol. The van der Waals surface area contributed by atoms with Crippen LogP contribution in [0.5, 0.6) is 0 Å². The normalized spacial score (nSPS) is 27.0. The fraction of sp³-hybridized carbons (Fsp3) is 0.786. The van der Waals surface area contributed by atoms with Gasteiger partial charge in [-0.3, -0.25) is 0 Å². The summed E-state index contributed by atoms with van der Waals surface area (Å²) < 4.78 is 2.43. The highest BCUT2D eigenvalue weighted by molar-refractivity contribution is 5.10. The quantitative estimate of drug-likeness (QED) is 0.866. The summed E-state index contributed by atoms with van der Waals surface area (Å²) in [4.78, 5) is 4.38. The fourth-order valence-corrected chi connectivity index (χ4v) is 3.37. The van der Waals surface area contributed by atoms with E-state index in [4.69, 9.17) is 0 Å². The van der Waals surface area contributed by atoms with E-state index in [0.717, 1.165) is 13.1 Å². The standard InChI is InChI=1S/C14H23N3/c1-2-14(5-3-6-14)10-17-11-16-9-13(17)12-4-7-15-8-12/h9,11-12,15H,2-8,10H2,1H3. The van der Waals surface area contributed by atoms with Crippen LogP contribution >= 0.6 is 0 Å². The molecule has 3 rings (SSSR count). The molecule has 1 aromatic heterocycles. The second-order valence-electron chi connectivity index (χ2n) is 5.84. The zero-order chi connectivity index (χ0) is 11.7. The molecule has 1 saturated carbocycles. The molecular formula is C14H23N3. The lowest BCUT2D eigenvalue weighted by molar-refractivity contribution is 0.0988. The first-order valence-electron chi connectivity index (χ1n) is 7.04. The van der Waals surface area contributed by atoms with Gasteiger partial charge in [-0.05, 0) is 37.6 Å². The van der Waals surface area contributed by atoms with Crippen LogP contribution in [0, 0.1) is 5.41 Å². The molecule has 94 valence electrons. The smallest absolute Gasteiger partial charge is 0.0948 e. The van der Waals surface area contributed by atoms with Gasteiger partial charge in [-0.15, -0.1) is 0 Å². The molecule has 17 heavy (non-hydrogen) atoms. The lowest BCUT2D eigenvalue weighted by Gasteiger charge is -2.42. The van der Waals surface area contributed by atoms with Gasteiger partial charge in [-0.2, -0.15) is 0 Å². The zero-order valence-electron chi connectivity index (χ0n) is 10.8. The minimum absolute atomic E-state index is 0.585. The number of aromatic nitrogens is 2. The number of nitrogens with zero attached hydrogens (tertiary/aromatic N) is 2. The predicted octanol–water partition coefficient (Wildman–Crippen LogP) is 2.54. The molecule has 1 aromatic rings. The summed E-state index contributed by atoms with van der Waals surface area (Å²) in [5.41, 5.74) is 2.04. The van der Waals surface area contributed by atoms with Crippen molar-refractivity contribution in [3.05, 3.63) is 18.2 Å². The van der Waals surface area contributed by atoms with Crippen LogP contribution in [0.4, 0.5) is 0 Å². The van der Waals surface area contributed by atoms with E-state index >= 15 is 0 Å². The highest BCUT2D eigenvalue weighted by Crippen LogP contribution is 2.45. The Morgan fingerprint density at radius 3 is 3.00 bits per heavy atom. The second kappa shape index (κ2) is 4.45. The molecule has 1 atom stereocenters. The third kappa shape index (κ3) is 2.01. The van der Waals surface area contributed by atoms with Gasteiger partial charge in [0.2, 0.25) is 0 Å². The molecule has 0 spiro atoms. The summed E-state index contributed by atoms with van der Waals surface area (Å²) in [5, 5.41) is 3.45. The first-order chi connectivity index (χ1) is 8.33. The average Bonchev–Trinajstić information content (AvgIpc) is 2.93. The maximum atomic E-state index is 4.38. The molecule has 2 fully saturated rings. The van der Waals surface area contributed by atoms with Crippen LogP contribution in [-0.4, -0.2) is 22.6 Å². The number of hydrogen-bond donors (Lipinski definition) is 1. The lowest BCUT2D eigenvalue weighted by Crippen LogP contribution is -2.34. The van der Waals surface area contributed by atoms with Crippen molar-refractivity contribution >= 4 is 0 Å². The Kier molecular flexibility index (Phi) is 2.95. The molecule has 1 unspecified atom stereocenters. The van der Waals surface area contributed by atoms with Gasteiger partial charge in [0, 0.05) is 30.9 Å². The van der Waals surface area contributed by atoms with Crippen LogP contribution in [-0.2, 0) is 6.54 Å². The van der Waals surface area contributed by atoms with E-state index in [1.807, 2.05) is 6.33 Å². The molecule has 2 aliphatic rings. The molecule has 3 heteroatoms. The van der Waals surface area contributed by atoms with Gasteiger partial charge in [0.25, 0.3) is 0 Å². The lowest BCUT2D eigenvalue weighted by atomic mass is 9.67. The van der Waals surface area contributed by atoms with Crippen molar-refractivity contribution in [2.75, 3.05) is 13.1 Å². The van der Waals surface area contributed by atoms with Crippen molar-refractivity contribution in [2.45, 2.75) is 51.5 Å². The van der Waals surface area contributed by atoms with Crippen molar-refractivity contribution in [2.24, 2.45) is 5.41 Å². The third-order valence-electron chi connectivity index (χ3n) is 4.89. The van der Waals surface area contributed by atoms with E-state index in [0.29, 0.717) is 11.3 Å². The average molecular weight is 233 g/mol. The van der Waals surface area contributed by atoms with Gasteiger partial charge in [-0.25, -0.2) is 4.98 Å². The Balaban J connectivity index is 1.76. The second-order valence-corrected chi connectivity index (χ2v) is 5.84. The first kappa shape index (κ1) is 11.3. The van der Waals surface area contributed by atoms with Crippen molar-refractivity contribution < 1.29 is 0 Å². The molecule has 1 N–H and O–H groups in total. The van der Waals surface area contributed by atoms with Crippen molar-refractivity contribution in [1.29, 1.82) is 0 Å². The number of nitrogens with one attached hydrogen (secondary N) is 1. The van der Waals surface area contributed by atoms with Crippen LogP contribution < -0.4 is 5.32 Å². The summed E-state index contributed by atoms with van der Waals surface area (Å²) in [6.45, 7) is 5.82. The Labute approximate surface area is 104 Å². The fourth-order valence-electron chi connectivity index (χ4n) is 3.37. The van der Waals surface area contributed by atoms with Crippen LogP contribution in [0.2, 0.25) is 0 Å². The van der Waals surface area contributed by atoms with Crippen molar-refractivity contribution in [3.8, 4) is 0 Å². The predicted molar refractivity (Wildman–Crippen MR) is 69.0 cm³/mol.